The van der Waals surface area contributed by atoms with Gasteiger partial charge in [-0.15, -0.1) is 0 Å². The van der Waals surface area contributed by atoms with Crippen molar-refractivity contribution in [1.82, 2.24) is 0 Å². The Morgan fingerprint density at radius 2 is 1.37 bits per heavy atom. The van der Waals surface area contributed by atoms with Crippen LogP contribution in [0.4, 0.5) is 0 Å². The number of hydrogen-bond acceptors (Lipinski definition) is 3. The fourth-order valence-corrected chi connectivity index (χ4v) is 12.9. The second-order valence-corrected chi connectivity index (χ2v) is 16.0. The maximum absolute atomic E-state index is 11.9. The van der Waals surface area contributed by atoms with Crippen molar-refractivity contribution < 1.29 is 14.3 Å². The minimum absolute atomic E-state index is 0.0462. The van der Waals surface area contributed by atoms with Gasteiger partial charge in [0.1, 0.15) is 17.3 Å². The Balaban J connectivity index is 1.35. The first-order valence-electron chi connectivity index (χ1n) is 15.0. The van der Waals surface area contributed by atoms with Crippen LogP contribution in [0.3, 0.4) is 0 Å². The zero-order valence-corrected chi connectivity index (χ0v) is 24.2. The summed E-state index contributed by atoms with van der Waals surface area (Å²) in [6.45, 7) is 21.9. The molecule has 1 heterocycles. The van der Waals surface area contributed by atoms with Gasteiger partial charge in [0.05, 0.1) is 0 Å². The maximum Gasteiger partial charge on any atom is 0.302 e. The molecule has 10 unspecified atom stereocenters. The van der Waals surface area contributed by atoms with Crippen molar-refractivity contribution in [2.75, 3.05) is 0 Å². The van der Waals surface area contributed by atoms with Gasteiger partial charge in [-0.05, 0) is 104 Å². The number of fused-ring (bicyclic) bond motifs is 6. The summed E-state index contributed by atoms with van der Waals surface area (Å²) < 4.78 is 12.8. The molecule has 3 heteroatoms. The lowest BCUT2D eigenvalue weighted by Crippen LogP contribution is -2.68. The van der Waals surface area contributed by atoms with Crippen LogP contribution in [-0.2, 0) is 14.3 Å². The maximum atomic E-state index is 11.9. The molecular formula is C32H52O3. The highest BCUT2D eigenvalue weighted by molar-refractivity contribution is 5.66. The monoisotopic (exact) mass is 484 g/mol. The number of carbonyl (C=O) groups excluding carboxylic acids is 1. The average molecular weight is 485 g/mol. The molecule has 6 fully saturated rings. The van der Waals surface area contributed by atoms with E-state index in [9.17, 15) is 4.79 Å². The van der Waals surface area contributed by atoms with Crippen LogP contribution < -0.4 is 0 Å². The molecule has 5 aliphatic carbocycles. The predicted molar refractivity (Wildman–Crippen MR) is 140 cm³/mol. The predicted octanol–water partition coefficient (Wildman–Crippen LogP) is 7.95. The van der Waals surface area contributed by atoms with Crippen molar-refractivity contribution in [3.63, 3.8) is 0 Å². The smallest absolute Gasteiger partial charge is 0.302 e. The van der Waals surface area contributed by atoms with Gasteiger partial charge in [-0.2, -0.15) is 0 Å². The first kappa shape index (κ1) is 24.7. The topological polar surface area (TPSA) is 38.8 Å². The average Bonchev–Trinajstić information content (AvgIpc) is 3.36. The number of ether oxygens (including phenoxy) is 2. The van der Waals surface area contributed by atoms with Gasteiger partial charge >= 0.3 is 5.97 Å². The molecule has 1 spiro atoms. The van der Waals surface area contributed by atoms with E-state index in [2.05, 4.69) is 55.4 Å². The van der Waals surface area contributed by atoms with Gasteiger partial charge in [0.25, 0.3) is 0 Å². The molecule has 5 saturated carbocycles. The van der Waals surface area contributed by atoms with Crippen LogP contribution >= 0.6 is 0 Å². The lowest BCUT2D eigenvalue weighted by Gasteiger charge is -2.73. The molecule has 198 valence electrons. The lowest BCUT2D eigenvalue weighted by molar-refractivity contribution is -0.255. The molecule has 0 aromatic rings. The van der Waals surface area contributed by atoms with Crippen LogP contribution in [0, 0.1) is 50.7 Å². The SMILES string of the molecule is CC(=O)OC1CCC2(C)C(CCC3(C)C2CCC2C3(C)CCC34OC3(C(C)C)CCC24C)C1(C)C. The molecule has 1 aliphatic heterocycles. The third kappa shape index (κ3) is 2.57. The van der Waals surface area contributed by atoms with E-state index in [0.717, 1.165) is 18.3 Å². The van der Waals surface area contributed by atoms with Gasteiger partial charge in [0, 0.05) is 17.8 Å². The van der Waals surface area contributed by atoms with E-state index < -0.39 is 0 Å². The molecule has 0 aromatic heterocycles. The summed E-state index contributed by atoms with van der Waals surface area (Å²) >= 11 is 0. The fraction of sp³-hybridized carbons (Fsp3) is 0.969. The van der Waals surface area contributed by atoms with Crippen molar-refractivity contribution in [1.29, 1.82) is 0 Å². The molecule has 0 N–H and O–H groups in total. The second kappa shape index (κ2) is 6.89. The largest absolute Gasteiger partial charge is 0.462 e. The van der Waals surface area contributed by atoms with E-state index in [0.29, 0.717) is 33.5 Å². The number of esters is 1. The van der Waals surface area contributed by atoms with E-state index in [-0.39, 0.29) is 28.7 Å². The van der Waals surface area contributed by atoms with Crippen LogP contribution in [0.2, 0.25) is 0 Å². The van der Waals surface area contributed by atoms with E-state index in [1.807, 2.05) is 0 Å². The van der Waals surface area contributed by atoms with E-state index in [4.69, 9.17) is 9.47 Å². The number of epoxide rings is 1. The fourth-order valence-electron chi connectivity index (χ4n) is 12.9. The Labute approximate surface area is 214 Å². The first-order valence-corrected chi connectivity index (χ1v) is 15.0. The Hall–Kier alpha value is -0.570. The van der Waals surface area contributed by atoms with Gasteiger partial charge in [-0.3, -0.25) is 4.79 Å². The molecule has 10 atom stereocenters. The highest BCUT2D eigenvalue weighted by Gasteiger charge is 2.86. The Morgan fingerprint density at radius 1 is 0.743 bits per heavy atom. The van der Waals surface area contributed by atoms with Gasteiger partial charge in [-0.25, -0.2) is 0 Å². The van der Waals surface area contributed by atoms with Crippen molar-refractivity contribution >= 4 is 5.97 Å². The standard InChI is InChI=1S/C32H52O3/c1-20(2)31-18-16-30(9)24-11-10-23-27(6)14-13-25(34-21(3)33)26(4,5)22(27)12-15-28(23,7)29(24,8)17-19-32(30,31)35-31/h20,22-25H,10-19H2,1-9H3. The minimum atomic E-state index is -0.110. The van der Waals surface area contributed by atoms with Crippen LogP contribution in [0.5, 0.6) is 0 Å². The Bertz CT molecular complexity index is 939. The van der Waals surface area contributed by atoms with Crippen molar-refractivity contribution in [3.8, 4) is 0 Å². The van der Waals surface area contributed by atoms with Gasteiger partial charge in [-0.1, -0.05) is 55.4 Å². The van der Waals surface area contributed by atoms with E-state index in [1.54, 1.807) is 6.92 Å². The number of carbonyl (C=O) groups is 1. The quantitative estimate of drug-likeness (QED) is 0.295. The summed E-state index contributed by atoms with van der Waals surface area (Å²) in [6, 6.07) is 0. The molecule has 0 amide bonds. The zero-order valence-electron chi connectivity index (χ0n) is 24.2. The molecule has 1 saturated heterocycles. The normalized spacial score (nSPS) is 57.9. The van der Waals surface area contributed by atoms with Crippen molar-refractivity contribution in [2.45, 2.75) is 144 Å². The van der Waals surface area contributed by atoms with E-state index in [1.165, 1.54) is 57.8 Å². The Kier molecular flexibility index (Phi) is 4.87. The third-order valence-corrected chi connectivity index (χ3v) is 14.7. The Morgan fingerprint density at radius 3 is 2.00 bits per heavy atom. The number of rotatable bonds is 2. The van der Waals surface area contributed by atoms with Gasteiger partial charge in [0.15, 0.2) is 0 Å². The van der Waals surface area contributed by atoms with Crippen molar-refractivity contribution in [2.24, 2.45) is 50.7 Å². The van der Waals surface area contributed by atoms with Crippen LogP contribution in [0.15, 0.2) is 0 Å². The lowest BCUT2D eigenvalue weighted by atomic mass is 9.31. The second-order valence-electron chi connectivity index (χ2n) is 16.0. The third-order valence-electron chi connectivity index (χ3n) is 14.7. The summed E-state index contributed by atoms with van der Waals surface area (Å²) in [4.78, 5) is 11.9. The zero-order chi connectivity index (χ0) is 25.4. The molecule has 3 nitrogen and oxygen atoms in total. The van der Waals surface area contributed by atoms with Gasteiger partial charge in [0.2, 0.25) is 0 Å². The molecule has 35 heavy (non-hydrogen) atoms. The molecule has 6 aliphatic rings. The summed E-state index contributed by atoms with van der Waals surface area (Å²) in [5.41, 5.74) is 1.82. The van der Waals surface area contributed by atoms with Gasteiger partial charge < -0.3 is 9.47 Å². The van der Waals surface area contributed by atoms with E-state index >= 15 is 0 Å². The molecule has 0 aromatic carbocycles. The molecule has 0 radical (unpaired) electrons. The molecule has 6 rings (SSSR count). The summed E-state index contributed by atoms with van der Waals surface area (Å²) in [5.74, 6) is 2.69. The van der Waals surface area contributed by atoms with Crippen LogP contribution in [0.25, 0.3) is 0 Å². The van der Waals surface area contributed by atoms with Crippen LogP contribution in [0.1, 0.15) is 127 Å². The number of hydrogen-bond donors (Lipinski definition) is 0. The summed E-state index contributed by atoms with van der Waals surface area (Å²) in [6.07, 6.45) is 12.9. The minimum Gasteiger partial charge on any atom is -0.462 e. The molecular weight excluding hydrogens is 432 g/mol. The summed E-state index contributed by atoms with van der Waals surface area (Å²) in [7, 11) is 0. The van der Waals surface area contributed by atoms with Crippen LogP contribution in [-0.4, -0.2) is 23.3 Å². The highest BCUT2D eigenvalue weighted by atomic mass is 16.6. The van der Waals surface area contributed by atoms with Crippen molar-refractivity contribution in [3.05, 3.63) is 0 Å². The summed E-state index contributed by atoms with van der Waals surface area (Å²) in [5, 5.41) is 0. The molecule has 0 bridgehead atoms. The first-order chi connectivity index (χ1) is 16.1. The highest BCUT2D eigenvalue weighted by Crippen LogP contribution is 2.84.